The fraction of sp³-hybridized carbons (Fsp3) is 0.227. The molecule has 0 spiro atoms. The third-order valence-corrected chi connectivity index (χ3v) is 5.04. The van der Waals surface area contributed by atoms with Crippen LogP contribution in [0.4, 0.5) is 5.69 Å². The number of hydrogen-bond donors (Lipinski definition) is 3. The molecule has 156 valence electrons. The molecule has 1 fully saturated rings. The number of nitrogens with one attached hydrogen (secondary N) is 3. The second kappa shape index (κ2) is 10.9. The van der Waals surface area contributed by atoms with Crippen molar-refractivity contribution in [3.05, 3.63) is 70.8 Å². The minimum Gasteiger partial charge on any atom is -0.376 e. The molecule has 2 amide bonds. The summed E-state index contributed by atoms with van der Waals surface area (Å²) in [6, 6.07) is 14.1. The highest BCUT2D eigenvalue weighted by atomic mass is 35.5. The van der Waals surface area contributed by atoms with Gasteiger partial charge in [-0.3, -0.25) is 14.9 Å². The Morgan fingerprint density at radius 3 is 2.70 bits per heavy atom. The summed E-state index contributed by atoms with van der Waals surface area (Å²) in [4.78, 5) is 24.7. The van der Waals surface area contributed by atoms with Gasteiger partial charge in [-0.15, -0.1) is 0 Å². The highest BCUT2D eigenvalue weighted by Crippen LogP contribution is 2.17. The molecule has 0 radical (unpaired) electrons. The quantitative estimate of drug-likeness (QED) is 0.467. The van der Waals surface area contributed by atoms with Crippen LogP contribution >= 0.6 is 23.8 Å². The second-order valence-corrected chi connectivity index (χ2v) is 7.50. The zero-order chi connectivity index (χ0) is 21.3. The number of para-hydroxylation sites is 1. The lowest BCUT2D eigenvalue weighted by Gasteiger charge is -2.14. The Bertz CT molecular complexity index is 958. The molecule has 8 heteroatoms. The zero-order valence-electron chi connectivity index (χ0n) is 16.2. The maximum Gasteiger partial charge on any atom is 0.253 e. The summed E-state index contributed by atoms with van der Waals surface area (Å²) in [6.07, 6.45) is 4.96. The van der Waals surface area contributed by atoms with Crippen LogP contribution in [-0.2, 0) is 9.53 Å². The number of thiocarbonyl (C=S) groups is 1. The molecule has 6 nitrogen and oxygen atoms in total. The molecule has 2 aromatic rings. The molecule has 3 N–H and O–H groups in total. The molecule has 1 aliphatic rings. The third-order valence-electron chi connectivity index (χ3n) is 4.49. The van der Waals surface area contributed by atoms with Crippen molar-refractivity contribution in [2.24, 2.45) is 0 Å². The van der Waals surface area contributed by atoms with Gasteiger partial charge in [0, 0.05) is 24.3 Å². The number of carbonyl (C=O) groups excluding carboxylic acids is 2. The van der Waals surface area contributed by atoms with Crippen molar-refractivity contribution in [1.82, 2.24) is 10.6 Å². The van der Waals surface area contributed by atoms with Crippen LogP contribution in [0.2, 0.25) is 5.02 Å². The van der Waals surface area contributed by atoms with Crippen LogP contribution in [0.15, 0.2) is 54.6 Å². The normalized spacial score (nSPS) is 15.7. The molecular weight excluding hydrogens is 422 g/mol. The van der Waals surface area contributed by atoms with Crippen LogP contribution in [-0.4, -0.2) is 36.2 Å². The molecule has 0 bridgehead atoms. The standard InChI is InChI=1S/C22H22ClN3O3S/c23-18-9-3-1-6-15(18)11-12-20(27)26-22(30)25-19-10-4-2-8-17(19)21(28)24-14-16-7-5-13-29-16/h1-4,6,8-12,16H,5,7,13-14H2,(H,24,28)(H2,25,26,27,30). The van der Waals surface area contributed by atoms with E-state index in [0.29, 0.717) is 22.8 Å². The average molecular weight is 444 g/mol. The van der Waals surface area contributed by atoms with E-state index in [4.69, 9.17) is 28.6 Å². The van der Waals surface area contributed by atoms with E-state index in [1.165, 1.54) is 6.08 Å². The molecule has 0 aliphatic carbocycles. The maximum atomic E-state index is 12.6. The first-order valence-corrected chi connectivity index (χ1v) is 10.3. The van der Waals surface area contributed by atoms with Crippen LogP contribution in [0.1, 0.15) is 28.8 Å². The predicted octanol–water partition coefficient (Wildman–Crippen LogP) is 3.78. The Hall–Kier alpha value is -2.74. The molecule has 0 saturated carbocycles. The van der Waals surface area contributed by atoms with Gasteiger partial charge in [-0.1, -0.05) is 41.9 Å². The largest absolute Gasteiger partial charge is 0.376 e. The van der Waals surface area contributed by atoms with E-state index in [9.17, 15) is 9.59 Å². The van der Waals surface area contributed by atoms with Crippen LogP contribution in [0.5, 0.6) is 0 Å². The van der Waals surface area contributed by atoms with E-state index in [0.717, 1.165) is 25.0 Å². The first kappa shape index (κ1) is 22.0. The molecular formula is C22H22ClN3O3S. The lowest BCUT2D eigenvalue weighted by atomic mass is 10.1. The minimum atomic E-state index is -0.410. The topological polar surface area (TPSA) is 79.5 Å². The van der Waals surface area contributed by atoms with Crippen molar-refractivity contribution in [2.75, 3.05) is 18.5 Å². The summed E-state index contributed by atoms with van der Waals surface area (Å²) in [5.74, 6) is -0.644. The van der Waals surface area contributed by atoms with Gasteiger partial charge >= 0.3 is 0 Å². The van der Waals surface area contributed by atoms with Gasteiger partial charge in [0.25, 0.3) is 5.91 Å². The third kappa shape index (κ3) is 6.38. The Balaban J connectivity index is 1.56. The maximum absolute atomic E-state index is 12.6. The van der Waals surface area contributed by atoms with Crippen molar-refractivity contribution >= 4 is 52.5 Å². The van der Waals surface area contributed by atoms with Crippen molar-refractivity contribution in [3.63, 3.8) is 0 Å². The molecule has 1 heterocycles. The van der Waals surface area contributed by atoms with Crippen LogP contribution in [0, 0.1) is 0 Å². The fourth-order valence-corrected chi connectivity index (χ4v) is 3.39. The van der Waals surface area contributed by atoms with Gasteiger partial charge in [-0.25, -0.2) is 0 Å². The van der Waals surface area contributed by atoms with Crippen LogP contribution in [0.3, 0.4) is 0 Å². The van der Waals surface area contributed by atoms with Crippen molar-refractivity contribution in [3.8, 4) is 0 Å². The first-order valence-electron chi connectivity index (χ1n) is 9.56. The van der Waals surface area contributed by atoms with E-state index in [-0.39, 0.29) is 17.1 Å². The lowest BCUT2D eigenvalue weighted by Crippen LogP contribution is -2.35. The number of amides is 2. The predicted molar refractivity (Wildman–Crippen MR) is 123 cm³/mol. The Kier molecular flexibility index (Phi) is 7.96. The summed E-state index contributed by atoms with van der Waals surface area (Å²) >= 11 is 11.3. The highest BCUT2D eigenvalue weighted by molar-refractivity contribution is 7.80. The van der Waals surface area contributed by atoms with Gasteiger partial charge in [0.05, 0.1) is 17.4 Å². The number of hydrogen-bond acceptors (Lipinski definition) is 4. The molecule has 1 unspecified atom stereocenters. The fourth-order valence-electron chi connectivity index (χ4n) is 2.98. The van der Waals surface area contributed by atoms with E-state index in [2.05, 4.69) is 16.0 Å². The monoisotopic (exact) mass is 443 g/mol. The Morgan fingerprint density at radius 1 is 1.17 bits per heavy atom. The smallest absolute Gasteiger partial charge is 0.253 e. The molecule has 0 aromatic heterocycles. The van der Waals surface area contributed by atoms with Gasteiger partial charge in [0.15, 0.2) is 5.11 Å². The lowest BCUT2D eigenvalue weighted by molar-refractivity contribution is -0.115. The van der Waals surface area contributed by atoms with E-state index in [1.807, 2.05) is 12.1 Å². The van der Waals surface area contributed by atoms with E-state index < -0.39 is 5.91 Å². The number of benzene rings is 2. The van der Waals surface area contributed by atoms with Crippen molar-refractivity contribution < 1.29 is 14.3 Å². The van der Waals surface area contributed by atoms with E-state index >= 15 is 0 Å². The SMILES string of the molecule is O=C(C=Cc1ccccc1Cl)NC(=S)Nc1ccccc1C(=O)NCC1CCCO1. The summed E-state index contributed by atoms with van der Waals surface area (Å²) in [5, 5.41) is 8.98. The zero-order valence-corrected chi connectivity index (χ0v) is 17.8. The summed E-state index contributed by atoms with van der Waals surface area (Å²) in [7, 11) is 0. The molecule has 3 rings (SSSR count). The Labute approximate surface area is 185 Å². The second-order valence-electron chi connectivity index (χ2n) is 6.69. The minimum absolute atomic E-state index is 0.0549. The molecule has 2 aromatic carbocycles. The van der Waals surface area contributed by atoms with Crippen molar-refractivity contribution in [1.29, 1.82) is 0 Å². The van der Waals surface area contributed by atoms with Gasteiger partial charge in [0.1, 0.15) is 0 Å². The van der Waals surface area contributed by atoms with Gasteiger partial charge in [-0.2, -0.15) is 0 Å². The van der Waals surface area contributed by atoms with E-state index in [1.54, 1.807) is 42.5 Å². The first-order chi connectivity index (χ1) is 14.5. The summed E-state index contributed by atoms with van der Waals surface area (Å²) in [5.41, 5.74) is 1.66. The van der Waals surface area contributed by atoms with Crippen LogP contribution < -0.4 is 16.0 Å². The summed E-state index contributed by atoms with van der Waals surface area (Å²) < 4.78 is 5.53. The van der Waals surface area contributed by atoms with Crippen LogP contribution in [0.25, 0.3) is 6.08 Å². The number of halogens is 1. The number of carbonyl (C=O) groups is 2. The van der Waals surface area contributed by atoms with Gasteiger partial charge in [-0.05, 0) is 54.9 Å². The van der Waals surface area contributed by atoms with Gasteiger partial charge in [0.2, 0.25) is 5.91 Å². The average Bonchev–Trinajstić information content (AvgIpc) is 3.25. The van der Waals surface area contributed by atoms with Gasteiger partial charge < -0.3 is 15.4 Å². The highest BCUT2D eigenvalue weighted by Gasteiger charge is 2.18. The summed E-state index contributed by atoms with van der Waals surface area (Å²) in [6.45, 7) is 1.19. The molecule has 1 saturated heterocycles. The number of rotatable bonds is 6. The Morgan fingerprint density at radius 2 is 1.93 bits per heavy atom. The number of anilines is 1. The number of ether oxygens (including phenoxy) is 1. The van der Waals surface area contributed by atoms with Crippen molar-refractivity contribution in [2.45, 2.75) is 18.9 Å². The molecule has 1 aliphatic heterocycles. The molecule has 1 atom stereocenters. The molecule has 30 heavy (non-hydrogen) atoms.